The molecule has 0 aliphatic carbocycles. The van der Waals surface area contributed by atoms with Crippen LogP contribution in [0.5, 0.6) is 0 Å². The Morgan fingerprint density at radius 2 is 1.06 bits per heavy atom. The number of carboxylic acids is 1. The highest BCUT2D eigenvalue weighted by atomic mass is 16.5. The van der Waals surface area contributed by atoms with Gasteiger partial charge in [0.25, 0.3) is 0 Å². The number of carbonyl (C=O) groups excluding carboxylic acids is 3. The monoisotopic (exact) mass is 721 g/mol. The highest BCUT2D eigenvalue weighted by Crippen LogP contribution is 2.18. The van der Waals surface area contributed by atoms with Crippen LogP contribution in [0.25, 0.3) is 0 Å². The van der Waals surface area contributed by atoms with Crippen molar-refractivity contribution >= 4 is 23.8 Å². The molecule has 0 saturated carbocycles. The summed E-state index contributed by atoms with van der Waals surface area (Å²) in [5.74, 6) is -2.30. The second-order valence-electron chi connectivity index (χ2n) is 14.1. The van der Waals surface area contributed by atoms with Gasteiger partial charge < -0.3 is 25.6 Å². The zero-order chi connectivity index (χ0) is 37.6. The van der Waals surface area contributed by atoms with Gasteiger partial charge in [0.2, 0.25) is 11.8 Å². The topological polar surface area (TPSA) is 142 Å². The number of aliphatic hydroxyl groups is 1. The Labute approximate surface area is 311 Å². The van der Waals surface area contributed by atoms with E-state index in [1.807, 2.05) is 0 Å². The Kier molecular flexibility index (Phi) is 35.1. The number of aliphatic hydroxyl groups excluding tert-OH is 1. The first kappa shape index (κ1) is 48.3. The highest BCUT2D eigenvalue weighted by molar-refractivity contribution is 5.87. The van der Waals surface area contributed by atoms with Crippen LogP contribution in [0.15, 0.2) is 24.3 Å². The third-order valence-electron chi connectivity index (χ3n) is 9.20. The van der Waals surface area contributed by atoms with Gasteiger partial charge in [-0.25, -0.2) is 4.79 Å². The van der Waals surface area contributed by atoms with Crippen molar-refractivity contribution in [1.82, 2.24) is 10.6 Å². The molecule has 9 heteroatoms. The predicted molar refractivity (Wildman–Crippen MR) is 208 cm³/mol. The van der Waals surface area contributed by atoms with Crippen LogP contribution in [-0.2, 0) is 23.9 Å². The Bertz CT molecular complexity index is 921. The van der Waals surface area contributed by atoms with Crippen molar-refractivity contribution in [2.24, 2.45) is 0 Å². The lowest BCUT2D eigenvalue weighted by molar-refractivity contribution is -0.150. The summed E-state index contributed by atoms with van der Waals surface area (Å²) < 4.78 is 5.98. The van der Waals surface area contributed by atoms with Gasteiger partial charge in [0.1, 0.15) is 12.1 Å². The fourth-order valence-corrected chi connectivity index (χ4v) is 5.98. The summed E-state index contributed by atoms with van der Waals surface area (Å²) in [6, 6.07) is -1.38. The number of hydrogen-bond donors (Lipinski definition) is 4. The smallest absolute Gasteiger partial charge is 0.328 e. The maximum Gasteiger partial charge on any atom is 0.328 e. The Morgan fingerprint density at radius 1 is 0.588 bits per heavy atom. The summed E-state index contributed by atoms with van der Waals surface area (Å²) in [6.07, 6.45) is 39.2. The molecule has 2 atom stereocenters. The summed E-state index contributed by atoms with van der Waals surface area (Å²) in [4.78, 5) is 47.4. The molecule has 0 aliphatic heterocycles. The Balaban J connectivity index is 4.19. The van der Waals surface area contributed by atoms with E-state index in [2.05, 4.69) is 48.8 Å². The van der Waals surface area contributed by atoms with Crippen molar-refractivity contribution in [3.63, 3.8) is 0 Å². The fourth-order valence-electron chi connectivity index (χ4n) is 5.98. The molecule has 51 heavy (non-hydrogen) atoms. The van der Waals surface area contributed by atoms with Crippen LogP contribution in [0.1, 0.15) is 194 Å². The quantitative estimate of drug-likeness (QED) is 0.0284. The minimum Gasteiger partial charge on any atom is -0.480 e. The van der Waals surface area contributed by atoms with Crippen molar-refractivity contribution in [1.29, 1.82) is 0 Å². The molecule has 0 heterocycles. The van der Waals surface area contributed by atoms with Gasteiger partial charge >= 0.3 is 11.9 Å². The van der Waals surface area contributed by atoms with Gasteiger partial charge in [0.15, 0.2) is 0 Å². The van der Waals surface area contributed by atoms with E-state index in [4.69, 9.17) is 14.9 Å². The van der Waals surface area contributed by atoms with Gasteiger partial charge in [-0.1, -0.05) is 134 Å². The van der Waals surface area contributed by atoms with E-state index in [-0.39, 0.29) is 24.5 Å². The van der Waals surface area contributed by atoms with Crippen LogP contribution in [0, 0.1) is 0 Å². The molecule has 0 fully saturated rings. The summed E-state index contributed by atoms with van der Waals surface area (Å²) in [7, 11) is 0. The van der Waals surface area contributed by atoms with Crippen LogP contribution in [0.3, 0.4) is 0 Å². The molecule has 9 nitrogen and oxygen atoms in total. The molecule has 0 radical (unpaired) electrons. The van der Waals surface area contributed by atoms with Gasteiger partial charge in [-0.05, 0) is 70.6 Å². The van der Waals surface area contributed by atoms with E-state index >= 15 is 0 Å². The minimum atomic E-state index is -1.38. The number of unbranched alkanes of at least 4 members (excludes halogenated alkanes) is 19. The summed E-state index contributed by atoms with van der Waals surface area (Å²) in [5.41, 5.74) is 0. The number of esters is 1. The van der Waals surface area contributed by atoms with Gasteiger partial charge in [-0.15, -0.1) is 0 Å². The van der Waals surface area contributed by atoms with Crippen LogP contribution < -0.4 is 10.6 Å². The highest BCUT2D eigenvalue weighted by Gasteiger charge is 2.19. The predicted octanol–water partition coefficient (Wildman–Crippen LogP) is 9.65. The van der Waals surface area contributed by atoms with Crippen LogP contribution >= 0.6 is 0 Å². The van der Waals surface area contributed by atoms with Crippen LogP contribution in [-0.4, -0.2) is 59.3 Å². The first-order valence-corrected chi connectivity index (χ1v) is 20.7. The lowest BCUT2D eigenvalue weighted by atomic mass is 10.0. The molecule has 0 aliphatic rings. The van der Waals surface area contributed by atoms with Crippen molar-refractivity contribution in [3.8, 4) is 0 Å². The maximum absolute atomic E-state index is 12.7. The summed E-state index contributed by atoms with van der Waals surface area (Å²) in [5, 5.41) is 22.5. The van der Waals surface area contributed by atoms with Crippen LogP contribution in [0.4, 0.5) is 0 Å². The zero-order valence-electron chi connectivity index (χ0n) is 32.6. The normalized spacial score (nSPS) is 12.7. The van der Waals surface area contributed by atoms with Crippen molar-refractivity contribution < 1.29 is 34.1 Å². The SMILES string of the molecule is CCCCCC/C=C\C/C=C\CCCCCCCC(=O)OC(CCCCCCCCC)CCCCCCCC(=O)NCC(=O)NC(CO)C(=O)O. The fraction of sp³-hybridized carbons (Fsp3) is 0.810. The maximum atomic E-state index is 12.7. The van der Waals surface area contributed by atoms with Gasteiger partial charge in [0, 0.05) is 12.8 Å². The molecule has 0 saturated heterocycles. The molecule has 0 bridgehead atoms. The van der Waals surface area contributed by atoms with Crippen LogP contribution in [0.2, 0.25) is 0 Å². The van der Waals surface area contributed by atoms with Crippen molar-refractivity contribution in [3.05, 3.63) is 24.3 Å². The standard InChI is InChI=1S/C42H76N2O7/c1-3-5-7-9-11-12-13-14-15-16-17-18-19-21-26-30-34-41(48)51-37(31-27-23-20-10-8-6-4-2)32-28-24-22-25-29-33-39(46)43-35-40(47)44-38(36-45)42(49)50/h12-13,15-16,37-38,45H,3-11,14,17-36H2,1-2H3,(H,43,46)(H,44,47)(H,49,50)/b13-12-,16-15-. The van der Waals surface area contributed by atoms with E-state index in [1.165, 1.54) is 83.5 Å². The molecule has 0 spiro atoms. The minimum absolute atomic E-state index is 0.0145. The lowest BCUT2D eigenvalue weighted by Gasteiger charge is -2.18. The number of amides is 2. The number of hydrogen-bond acceptors (Lipinski definition) is 6. The summed E-state index contributed by atoms with van der Waals surface area (Å²) >= 11 is 0. The van der Waals surface area contributed by atoms with Crippen molar-refractivity contribution in [2.45, 2.75) is 206 Å². The number of carbonyl (C=O) groups is 4. The Morgan fingerprint density at radius 3 is 1.59 bits per heavy atom. The molecular weight excluding hydrogens is 644 g/mol. The number of carboxylic acid groups (broad SMARTS) is 1. The van der Waals surface area contributed by atoms with Gasteiger partial charge in [0.05, 0.1) is 13.2 Å². The molecule has 2 unspecified atom stereocenters. The van der Waals surface area contributed by atoms with Gasteiger partial charge in [-0.2, -0.15) is 0 Å². The van der Waals surface area contributed by atoms with E-state index in [1.54, 1.807) is 0 Å². The average molecular weight is 721 g/mol. The molecule has 2 amide bonds. The number of allylic oxidation sites excluding steroid dienone is 4. The first-order valence-electron chi connectivity index (χ1n) is 20.7. The summed E-state index contributed by atoms with van der Waals surface area (Å²) in [6.45, 7) is 3.44. The average Bonchev–Trinajstić information content (AvgIpc) is 3.11. The number of nitrogens with one attached hydrogen (secondary N) is 2. The number of ether oxygens (including phenoxy) is 1. The lowest BCUT2D eigenvalue weighted by Crippen LogP contribution is -2.47. The third-order valence-corrected chi connectivity index (χ3v) is 9.20. The molecular formula is C42H76N2O7. The molecule has 0 rings (SSSR count). The van der Waals surface area contributed by atoms with E-state index in [9.17, 15) is 19.2 Å². The Hall–Kier alpha value is -2.68. The van der Waals surface area contributed by atoms with E-state index < -0.39 is 24.5 Å². The number of rotatable bonds is 37. The second kappa shape index (κ2) is 37.1. The van der Waals surface area contributed by atoms with E-state index in [0.29, 0.717) is 19.3 Å². The zero-order valence-corrected chi connectivity index (χ0v) is 32.6. The van der Waals surface area contributed by atoms with E-state index in [0.717, 1.165) is 77.0 Å². The first-order chi connectivity index (χ1) is 24.8. The number of aliphatic carboxylic acids is 1. The third kappa shape index (κ3) is 34.2. The van der Waals surface area contributed by atoms with Gasteiger partial charge in [-0.3, -0.25) is 14.4 Å². The molecule has 4 N–H and O–H groups in total. The molecule has 0 aromatic carbocycles. The largest absolute Gasteiger partial charge is 0.480 e. The molecule has 296 valence electrons. The molecule has 0 aromatic heterocycles. The molecule has 0 aromatic rings. The van der Waals surface area contributed by atoms with Crippen molar-refractivity contribution in [2.75, 3.05) is 13.2 Å². The second-order valence-corrected chi connectivity index (χ2v) is 14.1.